The number of rotatable bonds is 7. The van der Waals surface area contributed by atoms with Gasteiger partial charge >= 0.3 is 6.09 Å². The summed E-state index contributed by atoms with van der Waals surface area (Å²) < 4.78 is 10.4. The normalized spacial score (nSPS) is 15.5. The van der Waals surface area contributed by atoms with E-state index in [4.69, 9.17) is 9.47 Å². The molecule has 0 aromatic heterocycles. The zero-order chi connectivity index (χ0) is 15.6. The van der Waals surface area contributed by atoms with E-state index in [1.807, 2.05) is 12.1 Å². The Morgan fingerprint density at radius 2 is 2.09 bits per heavy atom. The maximum atomic E-state index is 11.5. The van der Waals surface area contributed by atoms with Gasteiger partial charge in [0.1, 0.15) is 0 Å². The Hall–Kier alpha value is -1.59. The van der Waals surface area contributed by atoms with Gasteiger partial charge in [-0.2, -0.15) is 0 Å². The fourth-order valence-electron chi connectivity index (χ4n) is 2.39. The van der Waals surface area contributed by atoms with E-state index in [0.29, 0.717) is 13.2 Å². The van der Waals surface area contributed by atoms with Crippen LogP contribution in [0.15, 0.2) is 24.3 Å². The lowest BCUT2D eigenvalue weighted by Crippen LogP contribution is -2.35. The van der Waals surface area contributed by atoms with E-state index >= 15 is 0 Å². The minimum absolute atomic E-state index is 0.341. The number of nitrogens with zero attached hydrogens (tertiary/aromatic N) is 1. The average molecular weight is 306 g/mol. The van der Waals surface area contributed by atoms with Gasteiger partial charge in [0, 0.05) is 26.2 Å². The summed E-state index contributed by atoms with van der Waals surface area (Å²) in [5.41, 5.74) is 2.36. The zero-order valence-corrected chi connectivity index (χ0v) is 13.3. The lowest BCUT2D eigenvalue weighted by molar-refractivity contribution is 0.0342. The molecule has 1 aliphatic heterocycles. The van der Waals surface area contributed by atoms with E-state index < -0.39 is 0 Å². The first-order valence-electron chi connectivity index (χ1n) is 8.06. The van der Waals surface area contributed by atoms with Crippen LogP contribution in [-0.2, 0) is 22.6 Å². The number of ether oxygens (including phenoxy) is 2. The minimum Gasteiger partial charge on any atom is -0.450 e. The standard InChI is InChI=1S/C17H26N2O3/c1-2-3-9-22-17(20)18-13-15-5-4-6-16(12-15)14-19-7-10-21-11-8-19/h4-6,12H,2-3,7-11,13-14H2,1H3,(H,18,20). The molecule has 1 saturated heterocycles. The van der Waals surface area contributed by atoms with E-state index in [-0.39, 0.29) is 6.09 Å². The van der Waals surface area contributed by atoms with E-state index in [9.17, 15) is 4.79 Å². The third kappa shape index (κ3) is 6.03. The molecule has 1 aromatic rings. The first kappa shape index (κ1) is 16.8. The molecule has 0 bridgehead atoms. The molecule has 1 N–H and O–H groups in total. The molecular weight excluding hydrogens is 280 g/mol. The van der Waals surface area contributed by atoms with Gasteiger partial charge in [0.2, 0.25) is 0 Å². The molecule has 5 nitrogen and oxygen atoms in total. The van der Waals surface area contributed by atoms with E-state index in [1.54, 1.807) is 0 Å². The van der Waals surface area contributed by atoms with Crippen LogP contribution in [-0.4, -0.2) is 43.9 Å². The summed E-state index contributed by atoms with van der Waals surface area (Å²) in [7, 11) is 0. The second kappa shape index (κ2) is 9.43. The second-order valence-electron chi connectivity index (χ2n) is 5.55. The summed E-state index contributed by atoms with van der Waals surface area (Å²) in [6.07, 6.45) is 1.59. The van der Waals surface area contributed by atoms with Crippen molar-refractivity contribution in [1.29, 1.82) is 0 Å². The molecule has 2 rings (SSSR count). The topological polar surface area (TPSA) is 50.8 Å². The summed E-state index contributed by atoms with van der Waals surface area (Å²) in [6.45, 7) is 7.56. The summed E-state index contributed by atoms with van der Waals surface area (Å²) in [6, 6.07) is 8.32. The molecule has 0 radical (unpaired) electrons. The highest BCUT2D eigenvalue weighted by molar-refractivity contribution is 5.67. The predicted octanol–water partition coefficient (Wildman–Crippen LogP) is 2.55. The van der Waals surface area contributed by atoms with Crippen molar-refractivity contribution in [3.63, 3.8) is 0 Å². The Bertz CT molecular complexity index is 459. The number of unbranched alkanes of at least 4 members (excludes halogenated alkanes) is 1. The lowest BCUT2D eigenvalue weighted by Gasteiger charge is -2.26. The molecule has 0 unspecified atom stereocenters. The number of amides is 1. The van der Waals surface area contributed by atoms with Crippen molar-refractivity contribution in [1.82, 2.24) is 10.2 Å². The summed E-state index contributed by atoms with van der Waals surface area (Å²) in [4.78, 5) is 13.9. The molecule has 0 aliphatic carbocycles. The smallest absolute Gasteiger partial charge is 0.407 e. The molecule has 122 valence electrons. The lowest BCUT2D eigenvalue weighted by atomic mass is 10.1. The first-order chi connectivity index (χ1) is 10.8. The summed E-state index contributed by atoms with van der Waals surface area (Å²) in [5, 5.41) is 2.79. The van der Waals surface area contributed by atoms with Gasteiger partial charge in [0.05, 0.1) is 19.8 Å². The maximum absolute atomic E-state index is 11.5. The molecule has 0 atom stereocenters. The Morgan fingerprint density at radius 1 is 1.32 bits per heavy atom. The number of hydrogen-bond acceptors (Lipinski definition) is 4. The molecule has 1 amide bonds. The van der Waals surface area contributed by atoms with Gasteiger partial charge in [-0.1, -0.05) is 37.6 Å². The number of hydrogen-bond donors (Lipinski definition) is 1. The SMILES string of the molecule is CCCCOC(=O)NCc1cccc(CN2CCOCC2)c1. The fourth-order valence-corrected chi connectivity index (χ4v) is 2.39. The van der Waals surface area contributed by atoms with Gasteiger partial charge < -0.3 is 14.8 Å². The Labute approximate surface area is 132 Å². The summed E-state index contributed by atoms with van der Waals surface area (Å²) >= 11 is 0. The van der Waals surface area contributed by atoms with Gasteiger partial charge in [0.25, 0.3) is 0 Å². The molecule has 5 heteroatoms. The minimum atomic E-state index is -0.341. The van der Waals surface area contributed by atoms with Crippen molar-refractivity contribution in [2.75, 3.05) is 32.9 Å². The molecule has 0 saturated carbocycles. The van der Waals surface area contributed by atoms with Crippen molar-refractivity contribution in [3.05, 3.63) is 35.4 Å². The van der Waals surface area contributed by atoms with Crippen molar-refractivity contribution in [3.8, 4) is 0 Å². The highest BCUT2D eigenvalue weighted by atomic mass is 16.5. The Kier molecular flexibility index (Phi) is 7.19. The van der Waals surface area contributed by atoms with Gasteiger partial charge in [-0.15, -0.1) is 0 Å². The molecule has 22 heavy (non-hydrogen) atoms. The molecule has 1 fully saturated rings. The van der Waals surface area contributed by atoms with Crippen LogP contribution in [0.4, 0.5) is 4.79 Å². The van der Waals surface area contributed by atoms with E-state index in [1.165, 1.54) is 5.56 Å². The van der Waals surface area contributed by atoms with Gasteiger partial charge in [-0.25, -0.2) is 4.79 Å². The van der Waals surface area contributed by atoms with Crippen LogP contribution < -0.4 is 5.32 Å². The number of nitrogens with one attached hydrogen (secondary N) is 1. The van der Waals surface area contributed by atoms with Crippen LogP contribution in [0.5, 0.6) is 0 Å². The molecular formula is C17H26N2O3. The van der Waals surface area contributed by atoms with Crippen LogP contribution in [0.3, 0.4) is 0 Å². The maximum Gasteiger partial charge on any atom is 0.407 e. The summed E-state index contributed by atoms with van der Waals surface area (Å²) in [5.74, 6) is 0. The highest BCUT2D eigenvalue weighted by Crippen LogP contribution is 2.10. The molecule has 1 aromatic carbocycles. The van der Waals surface area contributed by atoms with Crippen molar-refractivity contribution in [2.45, 2.75) is 32.9 Å². The number of carbonyl (C=O) groups excluding carboxylic acids is 1. The quantitative estimate of drug-likeness (QED) is 0.787. The molecule has 1 aliphatic rings. The largest absolute Gasteiger partial charge is 0.450 e. The van der Waals surface area contributed by atoms with Gasteiger partial charge in [-0.05, 0) is 17.5 Å². The highest BCUT2D eigenvalue weighted by Gasteiger charge is 2.10. The Balaban J connectivity index is 1.76. The van der Waals surface area contributed by atoms with Crippen molar-refractivity contribution >= 4 is 6.09 Å². The average Bonchev–Trinajstić information content (AvgIpc) is 2.55. The van der Waals surface area contributed by atoms with E-state index in [2.05, 4.69) is 29.3 Å². The van der Waals surface area contributed by atoms with Crippen LogP contribution >= 0.6 is 0 Å². The van der Waals surface area contributed by atoms with Crippen LogP contribution in [0.2, 0.25) is 0 Å². The number of morpholine rings is 1. The second-order valence-corrected chi connectivity index (χ2v) is 5.55. The third-order valence-electron chi connectivity index (χ3n) is 3.67. The van der Waals surface area contributed by atoms with Crippen LogP contribution in [0.25, 0.3) is 0 Å². The molecule has 0 spiro atoms. The number of alkyl carbamates (subject to hydrolysis) is 1. The van der Waals surface area contributed by atoms with Gasteiger partial charge in [0.15, 0.2) is 0 Å². The van der Waals surface area contributed by atoms with E-state index in [0.717, 1.165) is 51.3 Å². The zero-order valence-electron chi connectivity index (χ0n) is 13.3. The third-order valence-corrected chi connectivity index (χ3v) is 3.67. The predicted molar refractivity (Wildman–Crippen MR) is 85.6 cm³/mol. The van der Waals surface area contributed by atoms with Crippen LogP contribution in [0.1, 0.15) is 30.9 Å². The van der Waals surface area contributed by atoms with Crippen molar-refractivity contribution < 1.29 is 14.3 Å². The van der Waals surface area contributed by atoms with Gasteiger partial charge in [-0.3, -0.25) is 4.90 Å². The number of carbonyl (C=O) groups is 1. The fraction of sp³-hybridized carbons (Fsp3) is 0.588. The molecule has 1 heterocycles. The number of benzene rings is 1. The van der Waals surface area contributed by atoms with Crippen LogP contribution in [0, 0.1) is 0 Å². The van der Waals surface area contributed by atoms with Crippen molar-refractivity contribution in [2.24, 2.45) is 0 Å². The monoisotopic (exact) mass is 306 g/mol. The Morgan fingerprint density at radius 3 is 2.86 bits per heavy atom. The first-order valence-corrected chi connectivity index (χ1v) is 8.06.